The van der Waals surface area contributed by atoms with Crippen LogP contribution in [-0.4, -0.2) is 18.3 Å². The summed E-state index contributed by atoms with van der Waals surface area (Å²) in [6.07, 6.45) is 0. The van der Waals surface area contributed by atoms with Gasteiger partial charge in [-0.1, -0.05) is 48.0 Å². The number of benzene rings is 2. The Bertz CT molecular complexity index is 534. The van der Waals surface area contributed by atoms with Crippen LogP contribution in [0.3, 0.4) is 0 Å². The Kier molecular flexibility index (Phi) is 4.58. The first-order valence-corrected chi connectivity index (χ1v) is 6.56. The van der Waals surface area contributed by atoms with Gasteiger partial charge in [0.2, 0.25) is 0 Å². The molecule has 2 nitrogen and oxygen atoms in total. The molecule has 0 aliphatic heterocycles. The summed E-state index contributed by atoms with van der Waals surface area (Å²) < 4.78 is 5.82. The number of aliphatic hydroxyl groups is 1. The third-order valence-electron chi connectivity index (χ3n) is 3.27. The van der Waals surface area contributed by atoms with Gasteiger partial charge in [-0.3, -0.25) is 0 Å². The highest BCUT2D eigenvalue weighted by atomic mass is 16.5. The van der Waals surface area contributed by atoms with Gasteiger partial charge in [0.15, 0.2) is 0 Å². The van der Waals surface area contributed by atoms with E-state index in [1.807, 2.05) is 43.3 Å². The van der Waals surface area contributed by atoms with Crippen molar-refractivity contribution in [3.05, 3.63) is 65.2 Å². The largest absolute Gasteiger partial charge is 0.493 e. The molecule has 0 aliphatic rings. The molecule has 0 amide bonds. The zero-order chi connectivity index (χ0) is 13.7. The highest BCUT2D eigenvalue weighted by Crippen LogP contribution is 2.21. The first-order valence-electron chi connectivity index (χ1n) is 6.56. The van der Waals surface area contributed by atoms with Crippen molar-refractivity contribution in [2.75, 3.05) is 13.2 Å². The van der Waals surface area contributed by atoms with Crippen LogP contribution in [0.25, 0.3) is 0 Å². The maximum atomic E-state index is 9.54. The van der Waals surface area contributed by atoms with Crippen LogP contribution in [0.1, 0.15) is 22.6 Å². The molecule has 0 saturated carbocycles. The second-order valence-electron chi connectivity index (χ2n) is 4.87. The Morgan fingerprint density at radius 2 is 1.84 bits per heavy atom. The van der Waals surface area contributed by atoms with Crippen LogP contribution in [0.2, 0.25) is 0 Å². The van der Waals surface area contributed by atoms with Crippen molar-refractivity contribution in [1.29, 1.82) is 0 Å². The first-order chi connectivity index (χ1) is 9.20. The van der Waals surface area contributed by atoms with E-state index < -0.39 is 0 Å². The van der Waals surface area contributed by atoms with Gasteiger partial charge < -0.3 is 9.84 Å². The molecule has 0 spiro atoms. The van der Waals surface area contributed by atoms with E-state index in [-0.39, 0.29) is 12.5 Å². The van der Waals surface area contributed by atoms with Gasteiger partial charge in [0.25, 0.3) is 0 Å². The van der Waals surface area contributed by atoms with Crippen molar-refractivity contribution in [3.63, 3.8) is 0 Å². The number of hydrogen-bond acceptors (Lipinski definition) is 2. The Morgan fingerprint density at radius 1 is 1.05 bits per heavy atom. The summed E-state index contributed by atoms with van der Waals surface area (Å²) in [5, 5.41) is 9.54. The Morgan fingerprint density at radius 3 is 2.53 bits per heavy atom. The lowest BCUT2D eigenvalue weighted by atomic mass is 9.99. The number of ether oxygens (including phenoxy) is 1. The number of aryl methyl sites for hydroxylation is 2. The van der Waals surface area contributed by atoms with Gasteiger partial charge in [-0.25, -0.2) is 0 Å². The van der Waals surface area contributed by atoms with Gasteiger partial charge in [0.1, 0.15) is 5.75 Å². The molecule has 0 aliphatic carbocycles. The van der Waals surface area contributed by atoms with Crippen LogP contribution < -0.4 is 4.74 Å². The Balaban J connectivity index is 2.06. The minimum atomic E-state index is 0.0134. The molecule has 2 rings (SSSR count). The van der Waals surface area contributed by atoms with E-state index in [0.29, 0.717) is 6.61 Å². The van der Waals surface area contributed by atoms with Gasteiger partial charge in [0.05, 0.1) is 13.2 Å². The second kappa shape index (κ2) is 6.39. The summed E-state index contributed by atoms with van der Waals surface area (Å²) >= 11 is 0. The van der Waals surface area contributed by atoms with E-state index in [0.717, 1.165) is 16.9 Å². The topological polar surface area (TPSA) is 29.5 Å². The van der Waals surface area contributed by atoms with E-state index in [9.17, 15) is 5.11 Å². The number of rotatable bonds is 5. The maximum absolute atomic E-state index is 9.54. The smallest absolute Gasteiger partial charge is 0.122 e. The molecule has 1 atom stereocenters. The molecule has 0 aromatic heterocycles. The van der Waals surface area contributed by atoms with Gasteiger partial charge in [-0.2, -0.15) is 0 Å². The average Bonchev–Trinajstić information content (AvgIpc) is 2.41. The fraction of sp³-hybridized carbons (Fsp3) is 0.294. The number of para-hydroxylation sites is 1. The number of hydrogen-bond donors (Lipinski definition) is 1. The van der Waals surface area contributed by atoms with Crippen LogP contribution in [0.4, 0.5) is 0 Å². The van der Waals surface area contributed by atoms with Gasteiger partial charge in [0, 0.05) is 5.92 Å². The van der Waals surface area contributed by atoms with Crippen LogP contribution in [-0.2, 0) is 0 Å². The lowest BCUT2D eigenvalue weighted by Crippen LogP contribution is -2.14. The van der Waals surface area contributed by atoms with Gasteiger partial charge >= 0.3 is 0 Å². The zero-order valence-corrected chi connectivity index (χ0v) is 11.5. The molecule has 19 heavy (non-hydrogen) atoms. The van der Waals surface area contributed by atoms with Gasteiger partial charge in [-0.05, 0) is 31.0 Å². The minimum absolute atomic E-state index is 0.0134. The molecule has 2 aromatic carbocycles. The Hall–Kier alpha value is -1.80. The summed E-state index contributed by atoms with van der Waals surface area (Å²) in [4.78, 5) is 0. The quantitative estimate of drug-likeness (QED) is 0.887. The molecule has 1 N–H and O–H groups in total. The molecule has 100 valence electrons. The molecule has 0 fully saturated rings. The van der Waals surface area contributed by atoms with Crippen LogP contribution >= 0.6 is 0 Å². The van der Waals surface area contributed by atoms with Crippen molar-refractivity contribution in [3.8, 4) is 5.75 Å². The lowest BCUT2D eigenvalue weighted by Gasteiger charge is -2.17. The molecule has 0 saturated heterocycles. The summed E-state index contributed by atoms with van der Waals surface area (Å²) in [5.41, 5.74) is 3.44. The van der Waals surface area contributed by atoms with E-state index in [1.165, 1.54) is 5.56 Å². The average molecular weight is 256 g/mol. The summed E-state index contributed by atoms with van der Waals surface area (Å²) in [7, 11) is 0. The van der Waals surface area contributed by atoms with Crippen molar-refractivity contribution in [1.82, 2.24) is 0 Å². The summed E-state index contributed by atoms with van der Waals surface area (Å²) in [5.74, 6) is 0.896. The lowest BCUT2D eigenvalue weighted by molar-refractivity contribution is 0.204. The fourth-order valence-corrected chi connectivity index (χ4v) is 2.09. The zero-order valence-electron chi connectivity index (χ0n) is 11.5. The SMILES string of the molecule is Cc1cccc(C(CO)COc2ccccc2C)c1. The molecule has 2 heteroatoms. The fourth-order valence-electron chi connectivity index (χ4n) is 2.09. The van der Waals surface area contributed by atoms with Crippen LogP contribution in [0.15, 0.2) is 48.5 Å². The predicted molar refractivity (Wildman–Crippen MR) is 77.7 cm³/mol. The minimum Gasteiger partial charge on any atom is -0.493 e. The molecular weight excluding hydrogens is 236 g/mol. The summed E-state index contributed by atoms with van der Waals surface area (Å²) in [6, 6.07) is 16.1. The monoisotopic (exact) mass is 256 g/mol. The van der Waals surface area contributed by atoms with E-state index in [4.69, 9.17) is 4.74 Å². The van der Waals surface area contributed by atoms with Crippen molar-refractivity contribution < 1.29 is 9.84 Å². The Labute approximate surface area is 114 Å². The van der Waals surface area contributed by atoms with E-state index in [1.54, 1.807) is 0 Å². The molecule has 0 heterocycles. The molecule has 0 radical (unpaired) electrons. The van der Waals surface area contributed by atoms with Crippen molar-refractivity contribution in [2.24, 2.45) is 0 Å². The maximum Gasteiger partial charge on any atom is 0.122 e. The number of aliphatic hydroxyl groups excluding tert-OH is 1. The highest BCUT2D eigenvalue weighted by Gasteiger charge is 2.12. The van der Waals surface area contributed by atoms with E-state index in [2.05, 4.69) is 19.1 Å². The molecule has 2 aromatic rings. The molecular formula is C17H20O2. The summed E-state index contributed by atoms with van der Waals surface area (Å²) in [6.45, 7) is 4.66. The van der Waals surface area contributed by atoms with Crippen molar-refractivity contribution in [2.45, 2.75) is 19.8 Å². The van der Waals surface area contributed by atoms with Crippen LogP contribution in [0, 0.1) is 13.8 Å². The van der Waals surface area contributed by atoms with Crippen LogP contribution in [0.5, 0.6) is 5.75 Å². The highest BCUT2D eigenvalue weighted by molar-refractivity contribution is 5.32. The third-order valence-corrected chi connectivity index (χ3v) is 3.27. The van der Waals surface area contributed by atoms with Gasteiger partial charge in [-0.15, -0.1) is 0 Å². The molecule has 0 bridgehead atoms. The van der Waals surface area contributed by atoms with E-state index >= 15 is 0 Å². The second-order valence-corrected chi connectivity index (χ2v) is 4.87. The normalized spacial score (nSPS) is 12.2. The third kappa shape index (κ3) is 3.58. The standard InChI is InChI=1S/C17H20O2/c1-13-6-5-8-15(10-13)16(11-18)12-19-17-9-4-3-7-14(17)2/h3-10,16,18H,11-12H2,1-2H3. The van der Waals surface area contributed by atoms with Crippen molar-refractivity contribution >= 4 is 0 Å². The molecule has 1 unspecified atom stereocenters. The predicted octanol–water partition coefficient (Wildman–Crippen LogP) is 3.46. The first kappa shape index (κ1) is 13.6.